The molecule has 19 heavy (non-hydrogen) atoms. The smallest absolute Gasteiger partial charge is 0.155 e. The molecule has 0 fully saturated rings. The van der Waals surface area contributed by atoms with Gasteiger partial charge in [0.25, 0.3) is 0 Å². The summed E-state index contributed by atoms with van der Waals surface area (Å²) in [5.74, 6) is 0.909. The second-order valence-electron chi connectivity index (χ2n) is 4.82. The lowest BCUT2D eigenvalue weighted by Gasteiger charge is -2.23. The number of benzene rings is 1. The van der Waals surface area contributed by atoms with Crippen molar-refractivity contribution in [3.8, 4) is 0 Å². The van der Waals surface area contributed by atoms with E-state index in [-0.39, 0.29) is 0 Å². The Bertz CT molecular complexity index is 550. The molecule has 0 atom stereocenters. The molecule has 0 bridgehead atoms. The van der Waals surface area contributed by atoms with Crippen LogP contribution in [0, 0.1) is 0 Å². The largest absolute Gasteiger partial charge is 0.325 e. The highest BCUT2D eigenvalue weighted by Gasteiger charge is 2.17. The topological polar surface area (TPSA) is 55.0 Å². The van der Waals surface area contributed by atoms with Gasteiger partial charge in [0.1, 0.15) is 0 Å². The van der Waals surface area contributed by atoms with Crippen LogP contribution in [-0.4, -0.2) is 16.7 Å². The number of fused-ring (bicyclic) bond motifs is 1. The predicted molar refractivity (Wildman–Crippen MR) is 76.3 cm³/mol. The Morgan fingerprint density at radius 3 is 2.74 bits per heavy atom. The number of para-hydroxylation sites is 1. The quantitative estimate of drug-likeness (QED) is 0.894. The third-order valence-electron chi connectivity index (χ3n) is 3.55. The first-order valence-corrected chi connectivity index (χ1v) is 6.76. The molecule has 1 aromatic carbocycles. The zero-order valence-corrected chi connectivity index (χ0v) is 10.9. The van der Waals surface area contributed by atoms with Crippen LogP contribution in [0.15, 0.2) is 36.4 Å². The van der Waals surface area contributed by atoms with E-state index in [4.69, 9.17) is 5.73 Å². The molecule has 0 spiro atoms. The van der Waals surface area contributed by atoms with Crippen molar-refractivity contribution in [3.05, 3.63) is 47.7 Å². The third-order valence-corrected chi connectivity index (χ3v) is 3.55. The van der Waals surface area contributed by atoms with Crippen LogP contribution in [0.1, 0.15) is 24.1 Å². The zero-order valence-electron chi connectivity index (χ0n) is 10.9. The van der Waals surface area contributed by atoms with Gasteiger partial charge in [-0.3, -0.25) is 0 Å². The molecule has 0 amide bonds. The normalized spacial score (nSPS) is 14.9. The van der Waals surface area contributed by atoms with Crippen molar-refractivity contribution < 1.29 is 0 Å². The van der Waals surface area contributed by atoms with Crippen LogP contribution < -0.4 is 10.6 Å². The van der Waals surface area contributed by atoms with Crippen molar-refractivity contribution in [2.45, 2.75) is 25.8 Å². The average Bonchev–Trinajstić information content (AvgIpc) is 2.70. The highest BCUT2D eigenvalue weighted by molar-refractivity contribution is 5.64. The van der Waals surface area contributed by atoms with Crippen LogP contribution in [0.5, 0.6) is 0 Å². The average molecular weight is 254 g/mol. The Kier molecular flexibility index (Phi) is 3.42. The number of nitrogens with two attached hydrogens (primary N) is 1. The van der Waals surface area contributed by atoms with E-state index in [0.29, 0.717) is 6.54 Å². The van der Waals surface area contributed by atoms with Gasteiger partial charge in [-0.2, -0.15) is 5.10 Å². The minimum absolute atomic E-state index is 0.434. The fraction of sp³-hybridized carbons (Fsp3) is 0.333. The van der Waals surface area contributed by atoms with Gasteiger partial charge in [0, 0.05) is 18.8 Å². The summed E-state index contributed by atoms with van der Waals surface area (Å²) in [4.78, 5) is 2.26. The van der Waals surface area contributed by atoms with Crippen molar-refractivity contribution >= 4 is 11.5 Å². The Hall–Kier alpha value is -1.94. The molecule has 98 valence electrons. The van der Waals surface area contributed by atoms with Crippen molar-refractivity contribution in [3.63, 3.8) is 0 Å². The van der Waals surface area contributed by atoms with Gasteiger partial charge in [0.15, 0.2) is 5.82 Å². The molecule has 0 saturated carbocycles. The van der Waals surface area contributed by atoms with Crippen molar-refractivity contribution in [1.82, 2.24) is 10.2 Å². The fourth-order valence-corrected chi connectivity index (χ4v) is 2.54. The van der Waals surface area contributed by atoms with E-state index < -0.39 is 0 Å². The Labute approximate surface area is 113 Å². The summed E-state index contributed by atoms with van der Waals surface area (Å²) in [7, 11) is 0. The first kappa shape index (κ1) is 12.1. The lowest BCUT2D eigenvalue weighted by atomic mass is 10.1. The molecule has 1 aromatic heterocycles. The van der Waals surface area contributed by atoms with E-state index >= 15 is 0 Å². The molecular weight excluding hydrogens is 236 g/mol. The van der Waals surface area contributed by atoms with Gasteiger partial charge >= 0.3 is 0 Å². The molecule has 2 N–H and O–H groups in total. The second-order valence-corrected chi connectivity index (χ2v) is 4.82. The van der Waals surface area contributed by atoms with Gasteiger partial charge in [-0.15, -0.1) is 5.10 Å². The summed E-state index contributed by atoms with van der Waals surface area (Å²) in [6, 6.07) is 12.5. The predicted octanol–water partition coefficient (Wildman–Crippen LogP) is 2.41. The molecule has 3 rings (SSSR count). The minimum atomic E-state index is 0.434. The lowest BCUT2D eigenvalue weighted by molar-refractivity contribution is 0.752. The van der Waals surface area contributed by atoms with Crippen molar-refractivity contribution in [2.24, 2.45) is 5.73 Å². The monoisotopic (exact) mass is 254 g/mol. The molecule has 2 heterocycles. The molecule has 2 aromatic rings. The Balaban J connectivity index is 1.99. The maximum absolute atomic E-state index is 5.56. The van der Waals surface area contributed by atoms with Crippen molar-refractivity contribution in [2.75, 3.05) is 11.4 Å². The first-order chi connectivity index (χ1) is 9.38. The molecule has 0 aliphatic carbocycles. The van der Waals surface area contributed by atoms with Gasteiger partial charge in [-0.25, -0.2) is 0 Å². The van der Waals surface area contributed by atoms with E-state index in [1.165, 1.54) is 24.1 Å². The summed E-state index contributed by atoms with van der Waals surface area (Å²) in [5, 5.41) is 8.47. The third kappa shape index (κ3) is 2.44. The summed E-state index contributed by atoms with van der Waals surface area (Å²) in [5.41, 5.74) is 9.04. The van der Waals surface area contributed by atoms with Crippen LogP contribution in [0.25, 0.3) is 0 Å². The maximum Gasteiger partial charge on any atom is 0.155 e. The highest BCUT2D eigenvalue weighted by atomic mass is 15.3. The van der Waals surface area contributed by atoms with Crippen LogP contribution in [-0.2, 0) is 13.0 Å². The summed E-state index contributed by atoms with van der Waals surface area (Å²) < 4.78 is 0. The number of hydrogen-bond donors (Lipinski definition) is 1. The number of rotatable bonds is 2. The molecule has 4 heteroatoms. The van der Waals surface area contributed by atoms with E-state index in [9.17, 15) is 0 Å². The molecule has 0 radical (unpaired) electrons. The van der Waals surface area contributed by atoms with Crippen LogP contribution in [0.3, 0.4) is 0 Å². The first-order valence-electron chi connectivity index (χ1n) is 6.76. The summed E-state index contributed by atoms with van der Waals surface area (Å²) >= 11 is 0. The molecule has 0 unspecified atom stereocenters. The lowest BCUT2D eigenvalue weighted by Crippen LogP contribution is -2.19. The van der Waals surface area contributed by atoms with Gasteiger partial charge in [0.05, 0.1) is 5.69 Å². The van der Waals surface area contributed by atoms with Gasteiger partial charge in [-0.05, 0) is 43.0 Å². The molecule has 4 nitrogen and oxygen atoms in total. The van der Waals surface area contributed by atoms with Crippen LogP contribution in [0.2, 0.25) is 0 Å². The fourth-order valence-electron chi connectivity index (χ4n) is 2.54. The van der Waals surface area contributed by atoms with Gasteiger partial charge in [0.2, 0.25) is 0 Å². The van der Waals surface area contributed by atoms with Crippen LogP contribution >= 0.6 is 0 Å². The van der Waals surface area contributed by atoms with E-state index in [1.54, 1.807) is 0 Å². The minimum Gasteiger partial charge on any atom is -0.325 e. The standard InChI is InChI=1S/C15H18N4/c16-11-13-8-9-15(18-17-13)19-10-4-3-6-12-5-1-2-7-14(12)19/h1-2,5,7-9H,3-4,6,10-11,16H2. The SMILES string of the molecule is NCc1ccc(N2CCCCc3ccccc32)nn1. The van der Waals surface area contributed by atoms with E-state index in [0.717, 1.165) is 24.5 Å². The van der Waals surface area contributed by atoms with Gasteiger partial charge < -0.3 is 10.6 Å². The second kappa shape index (κ2) is 5.36. The van der Waals surface area contributed by atoms with E-state index in [2.05, 4.69) is 39.4 Å². The Morgan fingerprint density at radius 1 is 1.05 bits per heavy atom. The molecule has 0 saturated heterocycles. The Morgan fingerprint density at radius 2 is 1.95 bits per heavy atom. The number of aromatic nitrogens is 2. The van der Waals surface area contributed by atoms with Gasteiger partial charge in [-0.1, -0.05) is 18.2 Å². The number of anilines is 2. The molecule has 1 aliphatic heterocycles. The van der Waals surface area contributed by atoms with Crippen LogP contribution in [0.4, 0.5) is 11.5 Å². The summed E-state index contributed by atoms with van der Waals surface area (Å²) in [6.45, 7) is 1.43. The molecule has 1 aliphatic rings. The number of hydrogen-bond acceptors (Lipinski definition) is 4. The zero-order chi connectivity index (χ0) is 13.1. The molecular formula is C15H18N4. The highest BCUT2D eigenvalue weighted by Crippen LogP contribution is 2.30. The van der Waals surface area contributed by atoms with Crippen molar-refractivity contribution in [1.29, 1.82) is 0 Å². The maximum atomic E-state index is 5.56. The van der Waals surface area contributed by atoms with E-state index in [1.807, 2.05) is 12.1 Å². The summed E-state index contributed by atoms with van der Waals surface area (Å²) in [6.07, 6.45) is 3.54. The number of nitrogens with zero attached hydrogens (tertiary/aromatic N) is 3. The number of aryl methyl sites for hydroxylation is 1.